The van der Waals surface area contributed by atoms with Gasteiger partial charge in [-0.1, -0.05) is 31.9 Å². The number of rotatable bonds is 8. The Hall–Kier alpha value is -1.55. The molecule has 0 aliphatic heterocycles. The number of carbonyl (C=O) groups excluding carboxylic acids is 1. The van der Waals surface area contributed by atoms with Crippen LogP contribution in [0.25, 0.3) is 0 Å². The minimum atomic E-state index is -0.582. The van der Waals surface area contributed by atoms with Crippen molar-refractivity contribution in [2.45, 2.75) is 45.8 Å². The van der Waals surface area contributed by atoms with Gasteiger partial charge < -0.3 is 15.2 Å². The number of esters is 1. The zero-order chi connectivity index (χ0) is 14.1. The second-order valence-corrected chi connectivity index (χ2v) is 4.60. The Kier molecular flexibility index (Phi) is 6.97. The molecule has 2 N–H and O–H groups in total. The fraction of sp³-hybridized carbons (Fsp3) is 0.533. The highest BCUT2D eigenvalue weighted by Gasteiger charge is 2.08. The molecule has 0 radical (unpaired) electrons. The number of benzene rings is 1. The molecule has 1 aromatic rings. The zero-order valence-corrected chi connectivity index (χ0v) is 11.7. The van der Waals surface area contributed by atoms with Crippen LogP contribution in [0.4, 0.5) is 0 Å². The summed E-state index contributed by atoms with van der Waals surface area (Å²) in [6, 6.07) is 6.98. The largest absolute Gasteiger partial charge is 0.494 e. The lowest BCUT2D eigenvalue weighted by Crippen LogP contribution is -2.28. The van der Waals surface area contributed by atoms with Crippen molar-refractivity contribution in [3.8, 4) is 5.75 Å². The van der Waals surface area contributed by atoms with Crippen molar-refractivity contribution in [3.05, 3.63) is 29.8 Å². The van der Waals surface area contributed by atoms with Crippen molar-refractivity contribution in [2.75, 3.05) is 6.61 Å². The lowest BCUT2D eigenvalue weighted by atomic mass is 10.2. The van der Waals surface area contributed by atoms with Crippen LogP contribution in [0, 0.1) is 0 Å². The molecule has 4 heteroatoms. The van der Waals surface area contributed by atoms with E-state index in [1.807, 2.05) is 24.3 Å². The molecule has 0 amide bonds. The molecule has 1 atom stereocenters. The number of ether oxygens (including phenoxy) is 2. The number of unbranched alkanes of at least 4 members (excludes halogenated alkanes) is 2. The van der Waals surface area contributed by atoms with E-state index in [4.69, 9.17) is 15.2 Å². The minimum Gasteiger partial charge on any atom is -0.494 e. The van der Waals surface area contributed by atoms with Gasteiger partial charge in [0.25, 0.3) is 0 Å². The molecule has 1 rings (SSSR count). The average molecular weight is 265 g/mol. The average Bonchev–Trinajstić information content (AvgIpc) is 2.42. The van der Waals surface area contributed by atoms with Gasteiger partial charge in [-0.15, -0.1) is 0 Å². The Bertz CT molecular complexity index is 373. The van der Waals surface area contributed by atoms with Crippen molar-refractivity contribution >= 4 is 5.97 Å². The van der Waals surface area contributed by atoms with Crippen molar-refractivity contribution in [1.29, 1.82) is 0 Å². The normalized spacial score (nSPS) is 11.9. The predicted octanol–water partition coefficient (Wildman–Crippen LogP) is 2.65. The van der Waals surface area contributed by atoms with Crippen molar-refractivity contribution in [2.24, 2.45) is 5.73 Å². The highest BCUT2D eigenvalue weighted by atomic mass is 16.5. The highest BCUT2D eigenvalue weighted by Crippen LogP contribution is 2.13. The number of carbonyl (C=O) groups is 1. The lowest BCUT2D eigenvalue weighted by Gasteiger charge is -2.09. The maximum absolute atomic E-state index is 11.2. The van der Waals surface area contributed by atoms with Gasteiger partial charge in [-0.3, -0.25) is 4.79 Å². The van der Waals surface area contributed by atoms with Crippen LogP contribution in [0.1, 0.15) is 38.7 Å². The van der Waals surface area contributed by atoms with E-state index in [1.54, 1.807) is 6.92 Å². The van der Waals surface area contributed by atoms with Gasteiger partial charge >= 0.3 is 5.97 Å². The molecule has 0 fully saturated rings. The quantitative estimate of drug-likeness (QED) is 0.580. The summed E-state index contributed by atoms with van der Waals surface area (Å²) in [5.41, 5.74) is 6.33. The summed E-state index contributed by atoms with van der Waals surface area (Å²) in [6.45, 7) is 4.76. The van der Waals surface area contributed by atoms with Gasteiger partial charge in [0.1, 0.15) is 18.4 Å². The molecular weight excluding hydrogens is 242 g/mol. The van der Waals surface area contributed by atoms with Gasteiger partial charge in [0.05, 0.1) is 6.61 Å². The Morgan fingerprint density at radius 2 is 1.95 bits per heavy atom. The molecule has 0 aromatic heterocycles. The second-order valence-electron chi connectivity index (χ2n) is 4.60. The maximum Gasteiger partial charge on any atom is 0.322 e. The molecule has 4 nitrogen and oxygen atoms in total. The SMILES string of the molecule is CCCCCOc1ccc(COC(=O)C(C)N)cc1. The van der Waals surface area contributed by atoms with Crippen LogP contribution in [0.3, 0.4) is 0 Å². The third-order valence-electron chi connectivity index (χ3n) is 2.69. The third-order valence-corrected chi connectivity index (χ3v) is 2.69. The van der Waals surface area contributed by atoms with Crippen molar-refractivity contribution in [3.63, 3.8) is 0 Å². The Labute approximate surface area is 114 Å². The summed E-state index contributed by atoms with van der Waals surface area (Å²) >= 11 is 0. The Balaban J connectivity index is 2.33. The van der Waals surface area contributed by atoms with E-state index in [0.717, 1.165) is 24.3 Å². The summed E-state index contributed by atoms with van der Waals surface area (Å²) in [6.07, 6.45) is 3.45. The summed E-state index contributed by atoms with van der Waals surface area (Å²) in [4.78, 5) is 11.2. The van der Waals surface area contributed by atoms with E-state index in [-0.39, 0.29) is 12.6 Å². The van der Waals surface area contributed by atoms with Crippen molar-refractivity contribution in [1.82, 2.24) is 0 Å². The first kappa shape index (κ1) is 15.5. The standard InChI is InChI=1S/C15H23NO3/c1-3-4-5-10-18-14-8-6-13(7-9-14)11-19-15(17)12(2)16/h6-9,12H,3-5,10-11,16H2,1-2H3. The first-order valence-electron chi connectivity index (χ1n) is 6.77. The van der Waals surface area contributed by atoms with E-state index in [0.29, 0.717) is 0 Å². The van der Waals surface area contributed by atoms with Gasteiger partial charge in [-0.05, 0) is 31.0 Å². The van der Waals surface area contributed by atoms with Crippen LogP contribution in [-0.2, 0) is 16.1 Å². The first-order chi connectivity index (χ1) is 9.13. The lowest BCUT2D eigenvalue weighted by molar-refractivity contribution is -0.146. The fourth-order valence-electron chi connectivity index (χ4n) is 1.51. The molecule has 0 spiro atoms. The molecule has 0 aliphatic rings. The fourth-order valence-corrected chi connectivity index (χ4v) is 1.51. The van der Waals surface area contributed by atoms with Crippen molar-refractivity contribution < 1.29 is 14.3 Å². The summed E-state index contributed by atoms with van der Waals surface area (Å²) in [5, 5.41) is 0. The van der Waals surface area contributed by atoms with Crippen LogP contribution < -0.4 is 10.5 Å². The number of hydrogen-bond donors (Lipinski definition) is 1. The van der Waals surface area contributed by atoms with E-state index in [1.165, 1.54) is 12.8 Å². The Morgan fingerprint density at radius 1 is 1.26 bits per heavy atom. The van der Waals surface area contributed by atoms with Gasteiger partial charge in [0.15, 0.2) is 0 Å². The molecule has 0 aliphatic carbocycles. The Morgan fingerprint density at radius 3 is 2.53 bits per heavy atom. The van der Waals surface area contributed by atoms with E-state index >= 15 is 0 Å². The minimum absolute atomic E-state index is 0.247. The first-order valence-corrected chi connectivity index (χ1v) is 6.77. The van der Waals surface area contributed by atoms with Gasteiger partial charge in [0.2, 0.25) is 0 Å². The number of nitrogens with two attached hydrogens (primary N) is 1. The molecule has 0 heterocycles. The van der Waals surface area contributed by atoms with Crippen LogP contribution in [0.5, 0.6) is 5.75 Å². The van der Waals surface area contributed by atoms with Gasteiger partial charge in [-0.25, -0.2) is 0 Å². The molecule has 0 saturated heterocycles. The van der Waals surface area contributed by atoms with Crippen LogP contribution in [-0.4, -0.2) is 18.6 Å². The predicted molar refractivity (Wildman–Crippen MR) is 74.9 cm³/mol. The van der Waals surface area contributed by atoms with E-state index < -0.39 is 6.04 Å². The van der Waals surface area contributed by atoms with Crippen LogP contribution in [0.15, 0.2) is 24.3 Å². The smallest absolute Gasteiger partial charge is 0.322 e. The van der Waals surface area contributed by atoms with Gasteiger partial charge in [0, 0.05) is 0 Å². The molecule has 0 saturated carbocycles. The summed E-state index contributed by atoms with van der Waals surface area (Å²) < 4.78 is 10.6. The monoisotopic (exact) mass is 265 g/mol. The maximum atomic E-state index is 11.2. The molecule has 1 aromatic carbocycles. The zero-order valence-electron chi connectivity index (χ0n) is 11.7. The highest BCUT2D eigenvalue weighted by molar-refractivity contribution is 5.74. The van der Waals surface area contributed by atoms with E-state index in [9.17, 15) is 4.79 Å². The number of hydrogen-bond acceptors (Lipinski definition) is 4. The second kappa shape index (κ2) is 8.53. The third kappa shape index (κ3) is 6.25. The molecular formula is C15H23NO3. The molecule has 106 valence electrons. The summed E-state index contributed by atoms with van der Waals surface area (Å²) in [7, 11) is 0. The van der Waals surface area contributed by atoms with Crippen LogP contribution >= 0.6 is 0 Å². The molecule has 1 unspecified atom stereocenters. The summed E-state index contributed by atoms with van der Waals surface area (Å²) in [5.74, 6) is 0.457. The van der Waals surface area contributed by atoms with Crippen LogP contribution in [0.2, 0.25) is 0 Å². The molecule has 0 bridgehead atoms. The molecule has 19 heavy (non-hydrogen) atoms. The van der Waals surface area contributed by atoms with Gasteiger partial charge in [-0.2, -0.15) is 0 Å². The topological polar surface area (TPSA) is 61.5 Å². The van der Waals surface area contributed by atoms with E-state index in [2.05, 4.69) is 6.92 Å².